The average molecular weight is 572 g/mol. The van der Waals surface area contributed by atoms with Crippen molar-refractivity contribution >= 4 is 52.0 Å². The summed E-state index contributed by atoms with van der Waals surface area (Å²) < 4.78 is 12.6. The van der Waals surface area contributed by atoms with Crippen molar-refractivity contribution in [3.63, 3.8) is 0 Å². The number of thioether (sulfide) groups is 1. The summed E-state index contributed by atoms with van der Waals surface area (Å²) in [6.07, 6.45) is 2.88. The van der Waals surface area contributed by atoms with E-state index in [-0.39, 0.29) is 11.4 Å². The Bertz CT molecular complexity index is 1150. The molecule has 0 aliphatic carbocycles. The second-order valence-electron chi connectivity index (χ2n) is 7.48. The molecule has 0 bridgehead atoms. The largest absolute Gasteiger partial charge is 0.493 e. The number of amides is 1. The lowest BCUT2D eigenvalue weighted by molar-refractivity contribution is -0.116. The maximum atomic E-state index is 12.5. The summed E-state index contributed by atoms with van der Waals surface area (Å²) in [6.45, 7) is 2.59. The third kappa shape index (κ3) is 6.03. The molecule has 1 aliphatic rings. The van der Waals surface area contributed by atoms with Gasteiger partial charge < -0.3 is 20.1 Å². The molecule has 1 aliphatic heterocycles. The molecule has 0 radical (unpaired) electrons. The molecule has 0 aromatic heterocycles. The van der Waals surface area contributed by atoms with Gasteiger partial charge in [-0.05, 0) is 76.0 Å². The molecule has 33 heavy (non-hydrogen) atoms. The molecule has 4 rings (SSSR count). The molecular weight excluding hydrogens is 547 g/mol. The molecule has 2 N–H and O–H groups in total. The van der Waals surface area contributed by atoms with E-state index in [0.717, 1.165) is 26.8 Å². The van der Waals surface area contributed by atoms with Gasteiger partial charge >= 0.3 is 0 Å². The van der Waals surface area contributed by atoms with E-state index in [4.69, 9.17) is 9.47 Å². The number of aryl methyl sites for hydroxylation is 1. The van der Waals surface area contributed by atoms with E-state index in [1.54, 1.807) is 7.11 Å². The van der Waals surface area contributed by atoms with Gasteiger partial charge in [0.05, 0.1) is 15.6 Å². The highest BCUT2D eigenvalue weighted by atomic mass is 127. The fraction of sp³-hybridized carbons (Fsp3) is 0.192. The first kappa shape index (κ1) is 23.5. The summed E-state index contributed by atoms with van der Waals surface area (Å²) in [6, 6.07) is 22.2. The van der Waals surface area contributed by atoms with Crippen LogP contribution in [0, 0.1) is 3.57 Å². The first-order valence-electron chi connectivity index (χ1n) is 10.6. The van der Waals surface area contributed by atoms with E-state index in [1.165, 1.54) is 17.3 Å². The lowest BCUT2D eigenvalue weighted by Gasteiger charge is -2.14. The number of rotatable bonds is 8. The van der Waals surface area contributed by atoms with Crippen LogP contribution in [0.2, 0.25) is 0 Å². The van der Waals surface area contributed by atoms with Gasteiger partial charge in [0.1, 0.15) is 6.61 Å². The van der Waals surface area contributed by atoms with Crippen LogP contribution >= 0.6 is 34.4 Å². The first-order chi connectivity index (χ1) is 16.1. The average Bonchev–Trinajstić information content (AvgIpc) is 3.17. The number of halogens is 1. The molecule has 1 heterocycles. The molecule has 0 spiro atoms. The van der Waals surface area contributed by atoms with Crippen molar-refractivity contribution in [2.45, 2.75) is 25.4 Å². The standard InChI is InChI=1S/C26H25IN2O3S/c1-3-17-9-11-20(12-10-17)28-26-29-25(30)23(33-26)15-19-13-21(27)24(22(14-19)31-2)32-16-18-7-5-4-6-8-18/h4-15,26,28H,3,16H2,1-2H3,(H,29,30)/b23-15-/t26-/m0/s1. The van der Waals surface area contributed by atoms with Gasteiger partial charge in [0, 0.05) is 5.69 Å². The van der Waals surface area contributed by atoms with Crippen LogP contribution in [0.5, 0.6) is 11.5 Å². The molecule has 0 saturated carbocycles. The van der Waals surface area contributed by atoms with Gasteiger partial charge in [0.15, 0.2) is 17.0 Å². The van der Waals surface area contributed by atoms with E-state index < -0.39 is 0 Å². The van der Waals surface area contributed by atoms with Crippen LogP contribution in [-0.4, -0.2) is 18.5 Å². The van der Waals surface area contributed by atoms with Crippen LogP contribution in [0.3, 0.4) is 0 Å². The zero-order valence-electron chi connectivity index (χ0n) is 18.4. The lowest BCUT2D eigenvalue weighted by atomic mass is 10.1. The van der Waals surface area contributed by atoms with Gasteiger partial charge in [-0.15, -0.1) is 0 Å². The van der Waals surface area contributed by atoms with Crippen molar-refractivity contribution in [3.05, 3.63) is 91.9 Å². The minimum Gasteiger partial charge on any atom is -0.493 e. The number of hydrogen-bond acceptors (Lipinski definition) is 5. The van der Waals surface area contributed by atoms with Gasteiger partial charge in [0.2, 0.25) is 0 Å². The Balaban J connectivity index is 1.47. The Morgan fingerprint density at radius 1 is 1.09 bits per heavy atom. The fourth-order valence-electron chi connectivity index (χ4n) is 3.40. The van der Waals surface area contributed by atoms with Crippen LogP contribution in [0.15, 0.2) is 71.6 Å². The van der Waals surface area contributed by atoms with Crippen molar-refractivity contribution in [1.82, 2.24) is 5.32 Å². The Morgan fingerprint density at radius 3 is 2.55 bits per heavy atom. The van der Waals surface area contributed by atoms with Gasteiger partial charge in [-0.25, -0.2) is 0 Å². The fourth-order valence-corrected chi connectivity index (χ4v) is 5.16. The van der Waals surface area contributed by atoms with E-state index in [2.05, 4.69) is 52.3 Å². The van der Waals surface area contributed by atoms with Gasteiger partial charge in [-0.3, -0.25) is 4.79 Å². The van der Waals surface area contributed by atoms with Gasteiger partial charge in [-0.1, -0.05) is 61.2 Å². The molecule has 1 saturated heterocycles. The Morgan fingerprint density at radius 2 is 1.85 bits per heavy atom. The van der Waals surface area contributed by atoms with Crippen molar-refractivity contribution in [2.24, 2.45) is 0 Å². The topological polar surface area (TPSA) is 59.6 Å². The van der Waals surface area contributed by atoms with Crippen LogP contribution < -0.4 is 20.1 Å². The quantitative estimate of drug-likeness (QED) is 0.255. The lowest BCUT2D eigenvalue weighted by Crippen LogP contribution is -2.30. The molecule has 1 amide bonds. The number of nitrogens with one attached hydrogen (secondary N) is 2. The molecule has 170 valence electrons. The molecule has 7 heteroatoms. The predicted molar refractivity (Wildman–Crippen MR) is 143 cm³/mol. The van der Waals surface area contributed by atoms with Crippen LogP contribution in [0.25, 0.3) is 6.08 Å². The summed E-state index contributed by atoms with van der Waals surface area (Å²) in [5.74, 6) is 1.24. The SMILES string of the molecule is CCc1ccc(N[C@H]2NC(=O)/C(=C/c3cc(I)c(OCc4ccccc4)c(OC)c3)S2)cc1. The minimum atomic E-state index is -0.217. The second kappa shape index (κ2) is 11.0. The van der Waals surface area contributed by atoms with E-state index >= 15 is 0 Å². The summed E-state index contributed by atoms with van der Waals surface area (Å²) in [5, 5.41) is 6.34. The van der Waals surface area contributed by atoms with Crippen molar-refractivity contribution in [1.29, 1.82) is 0 Å². The molecule has 1 atom stereocenters. The van der Waals surface area contributed by atoms with Crippen molar-refractivity contribution in [2.75, 3.05) is 12.4 Å². The number of benzene rings is 3. The molecule has 0 unspecified atom stereocenters. The molecule has 3 aromatic carbocycles. The maximum Gasteiger partial charge on any atom is 0.260 e. The van der Waals surface area contributed by atoms with Crippen LogP contribution in [0.1, 0.15) is 23.6 Å². The summed E-state index contributed by atoms with van der Waals surface area (Å²) in [7, 11) is 1.62. The van der Waals surface area contributed by atoms with Gasteiger partial charge in [0.25, 0.3) is 5.91 Å². The Kier molecular flexibility index (Phi) is 7.82. The highest BCUT2D eigenvalue weighted by Crippen LogP contribution is 2.37. The van der Waals surface area contributed by atoms with E-state index in [0.29, 0.717) is 23.0 Å². The van der Waals surface area contributed by atoms with Crippen molar-refractivity contribution < 1.29 is 14.3 Å². The highest BCUT2D eigenvalue weighted by Gasteiger charge is 2.27. The molecule has 3 aromatic rings. The number of carbonyl (C=O) groups excluding carboxylic acids is 1. The highest BCUT2D eigenvalue weighted by molar-refractivity contribution is 14.1. The number of methoxy groups -OCH3 is 1. The summed E-state index contributed by atoms with van der Waals surface area (Å²) in [4.78, 5) is 13.2. The number of carbonyl (C=O) groups is 1. The zero-order valence-corrected chi connectivity index (χ0v) is 21.4. The summed E-state index contributed by atoms with van der Waals surface area (Å²) >= 11 is 3.70. The van der Waals surface area contributed by atoms with E-state index in [9.17, 15) is 4.79 Å². The third-order valence-corrected chi connectivity index (χ3v) is 7.00. The molecule has 5 nitrogen and oxygen atoms in total. The molecular formula is C26H25IN2O3S. The predicted octanol–water partition coefficient (Wildman–Crippen LogP) is 6.04. The third-order valence-electron chi connectivity index (χ3n) is 5.17. The van der Waals surface area contributed by atoms with Crippen molar-refractivity contribution in [3.8, 4) is 11.5 Å². The maximum absolute atomic E-state index is 12.5. The minimum absolute atomic E-state index is 0.0962. The number of hydrogen-bond donors (Lipinski definition) is 2. The normalized spacial score (nSPS) is 16.5. The number of anilines is 1. The monoisotopic (exact) mass is 572 g/mol. The first-order valence-corrected chi connectivity index (χ1v) is 12.6. The van der Waals surface area contributed by atoms with Crippen LogP contribution in [-0.2, 0) is 17.8 Å². The van der Waals surface area contributed by atoms with E-state index in [1.807, 2.05) is 60.7 Å². The van der Waals surface area contributed by atoms with Gasteiger partial charge in [-0.2, -0.15) is 0 Å². The Labute approximate surface area is 212 Å². The summed E-state index contributed by atoms with van der Waals surface area (Å²) in [5.41, 5.74) is 4.01. The number of ether oxygens (including phenoxy) is 2. The zero-order chi connectivity index (χ0) is 23.2. The Hall–Kier alpha value is -2.65. The molecule has 1 fully saturated rings. The van der Waals surface area contributed by atoms with Crippen LogP contribution in [0.4, 0.5) is 5.69 Å². The second-order valence-corrected chi connectivity index (χ2v) is 9.79. The smallest absolute Gasteiger partial charge is 0.260 e.